The van der Waals surface area contributed by atoms with E-state index in [1.54, 1.807) is 0 Å². The molecule has 3 atom stereocenters. The minimum absolute atomic E-state index is 0.0815. The molecule has 2 aliphatic carbocycles. The van der Waals surface area contributed by atoms with Crippen LogP contribution in [0, 0.1) is 39.9 Å². The van der Waals surface area contributed by atoms with E-state index in [0.29, 0.717) is 11.8 Å². The lowest BCUT2D eigenvalue weighted by Crippen LogP contribution is -2.39. The summed E-state index contributed by atoms with van der Waals surface area (Å²) >= 11 is 0. The summed E-state index contributed by atoms with van der Waals surface area (Å²) in [5.74, 6) is 1.38. The smallest absolute Gasteiger partial charge is 0.150 e. The summed E-state index contributed by atoms with van der Waals surface area (Å²) in [5.41, 5.74) is 0.347. The fourth-order valence-corrected chi connectivity index (χ4v) is 4.30. The van der Waals surface area contributed by atoms with Crippen molar-refractivity contribution in [1.82, 2.24) is 0 Å². The monoisotopic (exact) mass is 264 g/mol. The van der Waals surface area contributed by atoms with Gasteiger partial charge >= 0.3 is 0 Å². The Labute approximate surface area is 121 Å². The normalized spacial score (nSPS) is 31.6. The summed E-state index contributed by atoms with van der Waals surface area (Å²) in [5, 5.41) is 19.4. The minimum atomic E-state index is -0.820. The van der Waals surface area contributed by atoms with Crippen LogP contribution in [0.4, 0.5) is 0 Å². The molecule has 2 fully saturated rings. The second kappa shape index (κ2) is 5.29. The average molecular weight is 264 g/mol. The van der Waals surface area contributed by atoms with Gasteiger partial charge in [0, 0.05) is 5.92 Å². The highest BCUT2D eigenvalue weighted by atomic mass is 14.5. The number of fused-ring (bicyclic) bond motifs is 1. The zero-order chi connectivity index (χ0) is 14.0. The summed E-state index contributed by atoms with van der Waals surface area (Å²) in [6.07, 6.45) is 6.84. The van der Waals surface area contributed by atoms with Gasteiger partial charge in [-0.15, -0.1) is 0 Å². The molecule has 0 unspecified atom stereocenters. The van der Waals surface area contributed by atoms with Crippen LogP contribution >= 0.6 is 0 Å². The van der Waals surface area contributed by atoms with E-state index < -0.39 is 5.41 Å². The number of nitrogens with zero attached hydrogens (tertiary/aromatic N) is 2. The Kier molecular flexibility index (Phi) is 3.49. The van der Waals surface area contributed by atoms with Gasteiger partial charge in [0.2, 0.25) is 0 Å². The molecule has 2 saturated carbocycles. The molecule has 2 nitrogen and oxygen atoms in total. The lowest BCUT2D eigenvalue weighted by Gasteiger charge is -2.45. The first-order valence-electron chi connectivity index (χ1n) is 7.66. The molecule has 0 aromatic heterocycles. The number of rotatable bonds is 1. The number of benzene rings is 1. The molecule has 0 amide bonds. The molecule has 0 N–H and O–H groups in total. The van der Waals surface area contributed by atoms with Gasteiger partial charge in [0.25, 0.3) is 0 Å². The fraction of sp³-hybridized carbons (Fsp3) is 0.556. The lowest BCUT2D eigenvalue weighted by atomic mass is 9.56. The molecule has 102 valence electrons. The zero-order valence-electron chi connectivity index (χ0n) is 11.8. The second-order valence-corrected chi connectivity index (χ2v) is 6.40. The topological polar surface area (TPSA) is 47.6 Å². The van der Waals surface area contributed by atoms with Crippen molar-refractivity contribution in [2.24, 2.45) is 17.3 Å². The fourth-order valence-electron chi connectivity index (χ4n) is 4.30. The quantitative estimate of drug-likeness (QED) is 0.754. The van der Waals surface area contributed by atoms with Gasteiger partial charge in [-0.05, 0) is 30.2 Å². The van der Waals surface area contributed by atoms with E-state index in [9.17, 15) is 10.5 Å². The lowest BCUT2D eigenvalue weighted by molar-refractivity contribution is 0.101. The van der Waals surface area contributed by atoms with Crippen molar-refractivity contribution in [3.05, 3.63) is 35.9 Å². The molecule has 2 aliphatic rings. The Bertz CT molecular complexity index is 535. The van der Waals surface area contributed by atoms with Gasteiger partial charge in [0.1, 0.15) is 0 Å². The van der Waals surface area contributed by atoms with Crippen molar-refractivity contribution in [3.8, 4) is 12.1 Å². The third-order valence-corrected chi connectivity index (χ3v) is 5.38. The van der Waals surface area contributed by atoms with Gasteiger partial charge in [-0.25, -0.2) is 0 Å². The minimum Gasteiger partial charge on any atom is -0.197 e. The third-order valence-electron chi connectivity index (χ3n) is 5.38. The van der Waals surface area contributed by atoms with Crippen molar-refractivity contribution in [3.63, 3.8) is 0 Å². The zero-order valence-corrected chi connectivity index (χ0v) is 11.8. The van der Waals surface area contributed by atoms with Gasteiger partial charge in [-0.2, -0.15) is 10.5 Å². The van der Waals surface area contributed by atoms with E-state index in [1.807, 2.05) is 18.2 Å². The molecule has 0 aliphatic heterocycles. The Hall–Kier alpha value is -1.80. The van der Waals surface area contributed by atoms with Crippen molar-refractivity contribution >= 4 is 0 Å². The van der Waals surface area contributed by atoms with Crippen LogP contribution in [-0.2, 0) is 0 Å². The third kappa shape index (κ3) is 2.10. The Morgan fingerprint density at radius 2 is 1.60 bits per heavy atom. The molecule has 1 aromatic rings. The largest absolute Gasteiger partial charge is 0.197 e. The van der Waals surface area contributed by atoms with Crippen LogP contribution in [0.15, 0.2) is 30.3 Å². The van der Waals surface area contributed by atoms with Crippen LogP contribution < -0.4 is 0 Å². The standard InChI is InChI=1S/C18H20N2/c19-12-18(13-20)11-16-9-5-4-8-15(16)10-17(18)14-6-2-1-3-7-14/h1-3,6-7,15-17H,4-5,8-11H2/t15-,16+,17-/m0/s1. The Balaban J connectivity index is 1.97. The predicted octanol–water partition coefficient (Wildman–Crippen LogP) is 4.40. The first-order valence-corrected chi connectivity index (χ1v) is 7.66. The molecule has 1 aromatic carbocycles. The molecule has 3 rings (SSSR count). The van der Waals surface area contributed by atoms with Crippen molar-refractivity contribution in [2.45, 2.75) is 44.4 Å². The molecular formula is C18H20N2. The van der Waals surface area contributed by atoms with E-state index in [4.69, 9.17) is 0 Å². The number of nitriles is 2. The van der Waals surface area contributed by atoms with Crippen LogP contribution in [0.3, 0.4) is 0 Å². The van der Waals surface area contributed by atoms with Gasteiger partial charge in [0.15, 0.2) is 5.41 Å². The van der Waals surface area contributed by atoms with E-state index >= 15 is 0 Å². The number of hydrogen-bond donors (Lipinski definition) is 0. The van der Waals surface area contributed by atoms with E-state index in [1.165, 1.54) is 31.2 Å². The summed E-state index contributed by atoms with van der Waals surface area (Å²) < 4.78 is 0. The highest BCUT2D eigenvalue weighted by molar-refractivity contribution is 5.32. The maximum absolute atomic E-state index is 9.69. The van der Waals surface area contributed by atoms with Crippen LogP contribution in [-0.4, -0.2) is 0 Å². The van der Waals surface area contributed by atoms with E-state index in [2.05, 4.69) is 24.3 Å². The highest BCUT2D eigenvalue weighted by Crippen LogP contribution is 2.54. The van der Waals surface area contributed by atoms with Crippen LogP contribution in [0.5, 0.6) is 0 Å². The van der Waals surface area contributed by atoms with Gasteiger partial charge in [0.05, 0.1) is 12.1 Å². The first-order chi connectivity index (χ1) is 9.79. The van der Waals surface area contributed by atoms with Crippen molar-refractivity contribution < 1.29 is 0 Å². The van der Waals surface area contributed by atoms with Crippen LogP contribution in [0.1, 0.15) is 50.0 Å². The van der Waals surface area contributed by atoms with E-state index in [-0.39, 0.29) is 5.92 Å². The average Bonchev–Trinajstić information content (AvgIpc) is 2.54. The summed E-state index contributed by atoms with van der Waals surface area (Å²) in [6, 6.07) is 15.0. The summed E-state index contributed by atoms with van der Waals surface area (Å²) in [4.78, 5) is 0. The predicted molar refractivity (Wildman–Crippen MR) is 77.5 cm³/mol. The Morgan fingerprint density at radius 1 is 0.950 bits per heavy atom. The molecule has 0 bridgehead atoms. The maximum Gasteiger partial charge on any atom is 0.150 e. The molecule has 0 saturated heterocycles. The Morgan fingerprint density at radius 3 is 2.25 bits per heavy atom. The van der Waals surface area contributed by atoms with Gasteiger partial charge < -0.3 is 0 Å². The van der Waals surface area contributed by atoms with Gasteiger partial charge in [-0.3, -0.25) is 0 Å². The molecular weight excluding hydrogens is 244 g/mol. The summed E-state index contributed by atoms with van der Waals surface area (Å²) in [6.45, 7) is 0. The second-order valence-electron chi connectivity index (χ2n) is 6.40. The summed E-state index contributed by atoms with van der Waals surface area (Å²) in [7, 11) is 0. The first kappa shape index (κ1) is 13.2. The van der Waals surface area contributed by atoms with Gasteiger partial charge in [-0.1, -0.05) is 56.0 Å². The molecule has 20 heavy (non-hydrogen) atoms. The number of hydrogen-bond acceptors (Lipinski definition) is 2. The SMILES string of the molecule is N#CC1(C#N)C[C@H]2CCCC[C@H]2C[C@H]1c1ccccc1. The van der Waals surface area contributed by atoms with Crippen molar-refractivity contribution in [2.75, 3.05) is 0 Å². The molecule has 0 heterocycles. The van der Waals surface area contributed by atoms with Crippen LogP contribution in [0.25, 0.3) is 0 Å². The molecule has 2 heteroatoms. The maximum atomic E-state index is 9.69. The highest BCUT2D eigenvalue weighted by Gasteiger charge is 2.49. The molecule has 0 spiro atoms. The van der Waals surface area contributed by atoms with Crippen LogP contribution in [0.2, 0.25) is 0 Å². The van der Waals surface area contributed by atoms with Crippen molar-refractivity contribution in [1.29, 1.82) is 10.5 Å². The van der Waals surface area contributed by atoms with E-state index in [0.717, 1.165) is 12.8 Å². The molecule has 0 radical (unpaired) electrons.